The molecule has 0 aliphatic rings. The van der Waals surface area contributed by atoms with Gasteiger partial charge in [-0.25, -0.2) is 0 Å². The molecule has 0 heterocycles. The van der Waals surface area contributed by atoms with Crippen LogP contribution < -0.4 is 0 Å². The highest BCUT2D eigenvalue weighted by atomic mass is 19.4. The number of allylic oxidation sites excluding steroid dienone is 1. The molecule has 0 fully saturated rings. The van der Waals surface area contributed by atoms with Gasteiger partial charge in [-0.2, -0.15) is 65.9 Å². The largest absolute Gasteiger partial charge is 0.460 e. The Balaban J connectivity index is 6.60. The van der Waals surface area contributed by atoms with Gasteiger partial charge in [0.25, 0.3) is 0 Å². The first-order valence-corrected chi connectivity index (χ1v) is 5.49. The molecule has 0 aliphatic heterocycles. The quantitative estimate of drug-likeness (QED) is 0.410. The van der Waals surface area contributed by atoms with Gasteiger partial charge in [0, 0.05) is 0 Å². The molecule has 0 amide bonds. The second-order valence-electron chi connectivity index (χ2n) is 4.51. The third-order valence-electron chi connectivity index (χ3n) is 2.82. The highest BCUT2D eigenvalue weighted by Gasteiger charge is 2.93. The van der Waals surface area contributed by atoms with Crippen LogP contribution in [0.15, 0.2) is 12.7 Å². The van der Waals surface area contributed by atoms with Crippen LogP contribution in [0.1, 0.15) is 0 Å². The number of ketones is 1. The summed E-state index contributed by atoms with van der Waals surface area (Å²) in [5.74, 6) is -51.2. The predicted molar refractivity (Wildman–Crippen MR) is 50.9 cm³/mol. The second kappa shape index (κ2) is 5.94. The second-order valence-corrected chi connectivity index (χ2v) is 4.51. The van der Waals surface area contributed by atoms with Crippen LogP contribution in [0.25, 0.3) is 0 Å². The van der Waals surface area contributed by atoms with Crippen LogP contribution in [0, 0.1) is 0 Å². The minimum absolute atomic E-state index is 0.829. The zero-order valence-electron chi connectivity index (χ0n) is 11.4. The van der Waals surface area contributed by atoms with Gasteiger partial charge in [0.15, 0.2) is 0 Å². The lowest BCUT2D eigenvalue weighted by Crippen LogP contribution is -2.73. The van der Waals surface area contributed by atoms with Gasteiger partial charge in [0.1, 0.15) is 0 Å². The van der Waals surface area contributed by atoms with E-state index >= 15 is 0 Å². The van der Waals surface area contributed by atoms with Crippen LogP contribution in [-0.2, 0) is 4.79 Å². The molecule has 0 unspecified atom stereocenters. The van der Waals surface area contributed by atoms with E-state index in [1.165, 1.54) is 0 Å². The molecule has 154 valence electrons. The van der Waals surface area contributed by atoms with Gasteiger partial charge in [0.05, 0.1) is 0 Å². The number of alkyl halides is 15. The monoisotopic (exact) mass is 424 g/mol. The molecule has 0 radical (unpaired) electrons. The van der Waals surface area contributed by atoms with E-state index in [1.54, 1.807) is 0 Å². The standard InChI is InChI=1S/C10H3F15O/c1-2-3(26)4(11,12)5(13,14)6(15,16)7(17,18)8(19,20)9(21,22)10(23,24)25/h2H,1H2. The first-order valence-electron chi connectivity index (χ1n) is 5.49. The van der Waals surface area contributed by atoms with E-state index in [0.29, 0.717) is 0 Å². The van der Waals surface area contributed by atoms with Gasteiger partial charge < -0.3 is 0 Å². The molecule has 0 saturated heterocycles. The molecule has 0 N–H and O–H groups in total. The van der Waals surface area contributed by atoms with Crippen molar-refractivity contribution < 1.29 is 70.7 Å². The molecule has 0 atom stereocenters. The molecule has 0 saturated carbocycles. The minimum atomic E-state index is -8.40. The maximum atomic E-state index is 13.0. The summed E-state index contributed by atoms with van der Waals surface area (Å²) >= 11 is 0. The van der Waals surface area contributed by atoms with E-state index in [9.17, 15) is 70.7 Å². The molecule has 26 heavy (non-hydrogen) atoms. The summed E-state index contributed by atoms with van der Waals surface area (Å²) in [6, 6.07) is 0. The topological polar surface area (TPSA) is 17.1 Å². The Labute approximate surface area is 132 Å². The van der Waals surface area contributed by atoms with Gasteiger partial charge in [0.2, 0.25) is 5.78 Å². The van der Waals surface area contributed by atoms with E-state index in [4.69, 9.17) is 0 Å². The molecule has 0 rings (SSSR count). The van der Waals surface area contributed by atoms with Crippen molar-refractivity contribution >= 4 is 5.78 Å². The molecule has 0 aromatic carbocycles. The molecule has 0 spiro atoms. The fraction of sp³-hybridized carbons (Fsp3) is 0.700. The van der Waals surface area contributed by atoms with Gasteiger partial charge in [-0.3, -0.25) is 4.79 Å². The molecule has 16 heteroatoms. The van der Waals surface area contributed by atoms with E-state index in [-0.39, 0.29) is 0 Å². The highest BCUT2D eigenvalue weighted by molar-refractivity contribution is 5.96. The van der Waals surface area contributed by atoms with Crippen molar-refractivity contribution in [3.8, 4) is 0 Å². The Bertz CT molecular complexity index is 569. The number of rotatable bonds is 7. The molecular weight excluding hydrogens is 421 g/mol. The summed E-state index contributed by atoms with van der Waals surface area (Å²) in [6.45, 7) is 2.09. The number of carbonyl (C=O) groups excluding carboxylic acids is 1. The van der Waals surface area contributed by atoms with E-state index in [2.05, 4.69) is 6.58 Å². The summed E-state index contributed by atoms with van der Waals surface area (Å²) < 4.78 is 190. The molecule has 1 nitrogen and oxygen atoms in total. The van der Waals surface area contributed by atoms with Crippen molar-refractivity contribution in [2.24, 2.45) is 0 Å². The number of hydrogen-bond donors (Lipinski definition) is 0. The zero-order valence-corrected chi connectivity index (χ0v) is 11.4. The van der Waals surface area contributed by atoms with Gasteiger partial charge >= 0.3 is 41.7 Å². The van der Waals surface area contributed by atoms with Crippen LogP contribution in [0.4, 0.5) is 65.9 Å². The lowest BCUT2D eigenvalue weighted by molar-refractivity contribution is -0.449. The number of hydrogen-bond acceptors (Lipinski definition) is 1. The molecule has 0 aromatic rings. The van der Waals surface area contributed by atoms with Crippen molar-refractivity contribution in [1.82, 2.24) is 0 Å². The van der Waals surface area contributed by atoms with Crippen LogP contribution in [0.5, 0.6) is 0 Å². The summed E-state index contributed by atoms with van der Waals surface area (Å²) in [7, 11) is 0. The average Bonchev–Trinajstić information content (AvgIpc) is 2.43. The maximum Gasteiger partial charge on any atom is 0.460 e. The average molecular weight is 424 g/mol. The summed E-state index contributed by atoms with van der Waals surface area (Å²) in [5, 5.41) is 0. The molecule has 0 aliphatic carbocycles. The zero-order chi connectivity index (χ0) is 21.8. The normalized spacial score (nSPS) is 15.8. The van der Waals surface area contributed by atoms with E-state index in [1.807, 2.05) is 0 Å². The predicted octanol–water partition coefficient (Wildman–Crippen LogP) is 5.12. The van der Waals surface area contributed by atoms with Gasteiger partial charge in [-0.15, -0.1) is 0 Å². The fourth-order valence-corrected chi connectivity index (χ4v) is 1.25. The van der Waals surface area contributed by atoms with Crippen LogP contribution in [0.2, 0.25) is 0 Å². The molecular formula is C10H3F15O. The SMILES string of the molecule is C=CC(=O)C(F)(F)C(F)(F)C(F)(F)C(F)(F)C(F)(F)C(F)(F)C(F)(F)F. The lowest BCUT2D eigenvalue weighted by Gasteiger charge is -2.40. The van der Waals surface area contributed by atoms with Crippen LogP contribution in [0.3, 0.4) is 0 Å². The Morgan fingerprint density at radius 1 is 0.538 bits per heavy atom. The Kier molecular flexibility index (Phi) is 5.56. The minimum Gasteiger partial charge on any atom is -0.288 e. The Morgan fingerprint density at radius 2 is 0.808 bits per heavy atom. The van der Waals surface area contributed by atoms with Crippen molar-refractivity contribution in [2.75, 3.05) is 0 Å². The summed E-state index contributed by atoms with van der Waals surface area (Å²) in [5.41, 5.74) is 0. The number of halogens is 15. The molecule has 0 aromatic heterocycles. The summed E-state index contributed by atoms with van der Waals surface area (Å²) in [6.07, 6.45) is -8.49. The van der Waals surface area contributed by atoms with Crippen molar-refractivity contribution in [3.05, 3.63) is 12.7 Å². The van der Waals surface area contributed by atoms with Crippen molar-refractivity contribution in [3.63, 3.8) is 0 Å². The smallest absolute Gasteiger partial charge is 0.288 e. The van der Waals surface area contributed by atoms with Crippen molar-refractivity contribution in [2.45, 2.75) is 41.7 Å². The van der Waals surface area contributed by atoms with Gasteiger partial charge in [-0.05, 0) is 6.08 Å². The van der Waals surface area contributed by atoms with Crippen molar-refractivity contribution in [1.29, 1.82) is 0 Å². The first-order chi connectivity index (χ1) is 11.0. The Morgan fingerprint density at radius 3 is 1.08 bits per heavy atom. The lowest BCUT2D eigenvalue weighted by atomic mass is 9.90. The Hall–Kier alpha value is -1.64. The third-order valence-corrected chi connectivity index (χ3v) is 2.82. The van der Waals surface area contributed by atoms with Gasteiger partial charge in [-0.1, -0.05) is 6.58 Å². The van der Waals surface area contributed by atoms with Crippen LogP contribution in [-0.4, -0.2) is 47.5 Å². The fourth-order valence-electron chi connectivity index (χ4n) is 1.25. The highest BCUT2D eigenvalue weighted by Crippen LogP contribution is 2.62. The third kappa shape index (κ3) is 2.80. The van der Waals surface area contributed by atoms with Crippen LogP contribution >= 0.6 is 0 Å². The number of carbonyl (C=O) groups is 1. The van der Waals surface area contributed by atoms with E-state index < -0.39 is 53.6 Å². The maximum absolute atomic E-state index is 13.0. The molecule has 0 bridgehead atoms. The van der Waals surface area contributed by atoms with E-state index in [0.717, 1.165) is 0 Å². The summed E-state index contributed by atoms with van der Waals surface area (Å²) in [4.78, 5) is 10.4. The first kappa shape index (κ1) is 24.4.